The first-order valence-corrected chi connectivity index (χ1v) is 2.43. The number of hydrogen-bond donors (Lipinski definition) is 0. The van der Waals surface area contributed by atoms with Crippen LogP contribution in [0.5, 0.6) is 0 Å². The third-order valence-corrected chi connectivity index (χ3v) is 1.05. The average molecular weight is 82.0 g/mol. The van der Waals surface area contributed by atoms with Crippen molar-refractivity contribution in [3.63, 3.8) is 0 Å². The van der Waals surface area contributed by atoms with Gasteiger partial charge in [0.25, 0.3) is 0 Å². The summed E-state index contributed by atoms with van der Waals surface area (Å²) in [5.74, 6) is 2.14. The van der Waals surface area contributed by atoms with E-state index < -0.39 is 0 Å². The summed E-state index contributed by atoms with van der Waals surface area (Å²) in [7, 11) is 2.07. The van der Waals surface area contributed by atoms with Gasteiger partial charge < -0.3 is 0 Å². The van der Waals surface area contributed by atoms with Crippen LogP contribution in [-0.2, 0) is 0 Å². The van der Waals surface area contributed by atoms with Gasteiger partial charge in [0, 0.05) is 0 Å². The van der Waals surface area contributed by atoms with Crippen LogP contribution in [0.1, 0.15) is 20.3 Å². The summed E-state index contributed by atoms with van der Waals surface area (Å²) in [6.07, 6.45) is 1.19. The van der Waals surface area contributed by atoms with Crippen LogP contribution >= 0.6 is 0 Å². The van der Waals surface area contributed by atoms with Crippen LogP contribution in [0.15, 0.2) is 11.5 Å². The maximum atomic E-state index is 2.16. The minimum Gasteiger partial charge on any atom is -0.125 e. The zero-order valence-electron chi connectivity index (χ0n) is 4.78. The predicted octanol–water partition coefficient (Wildman–Crippen LogP) is 0.933. The third-order valence-electron chi connectivity index (χ3n) is 1.05. The zero-order chi connectivity index (χ0) is 4.99. The molecule has 0 heterocycles. The Hall–Kier alpha value is -0.195. The van der Waals surface area contributed by atoms with E-state index in [2.05, 4.69) is 27.7 Å². The lowest BCUT2D eigenvalue weighted by Crippen LogP contribution is -1.67. The summed E-state index contributed by atoms with van der Waals surface area (Å²) < 4.78 is 0. The van der Waals surface area contributed by atoms with Crippen LogP contribution in [0, 0.1) is 0 Å². The molecule has 0 saturated heterocycles. The summed E-state index contributed by atoms with van der Waals surface area (Å²) in [5.41, 5.74) is 1.47. The number of hydrogen-bond acceptors (Lipinski definition) is 0. The molecular weight excluding hydrogens is 70.9 g/mol. The van der Waals surface area contributed by atoms with E-state index in [9.17, 15) is 0 Å². The van der Waals surface area contributed by atoms with Crippen molar-refractivity contribution in [2.24, 2.45) is 0 Å². The van der Waals surface area contributed by atoms with Gasteiger partial charge in [-0.25, -0.2) is 0 Å². The molecule has 0 aromatic heterocycles. The maximum Gasteiger partial charge on any atom is 0.129 e. The van der Waals surface area contributed by atoms with E-state index in [1.807, 2.05) is 0 Å². The van der Waals surface area contributed by atoms with Crippen molar-refractivity contribution in [1.29, 1.82) is 0 Å². The second kappa shape index (κ2) is 3.01. The van der Waals surface area contributed by atoms with Crippen LogP contribution in [0.4, 0.5) is 0 Å². The Labute approximate surface area is 40.7 Å². The topological polar surface area (TPSA) is 0 Å². The molecular formula is C5H11B. The lowest BCUT2D eigenvalue weighted by atomic mass is 10.0. The molecule has 34 valence electrons. The molecule has 0 spiro atoms. The smallest absolute Gasteiger partial charge is 0.125 e. The molecule has 0 N–H and O–H groups in total. The molecule has 0 nitrogen and oxygen atoms in total. The molecule has 0 aromatic rings. The second-order valence-electron chi connectivity index (χ2n) is 1.49. The molecule has 0 radical (unpaired) electrons. The molecule has 6 heavy (non-hydrogen) atoms. The molecule has 0 atom stereocenters. The van der Waals surface area contributed by atoms with E-state index in [1.165, 1.54) is 12.0 Å². The highest BCUT2D eigenvalue weighted by Gasteiger charge is 1.73. The molecule has 0 aliphatic heterocycles. The first kappa shape index (κ1) is 5.80. The van der Waals surface area contributed by atoms with E-state index >= 15 is 0 Å². The van der Waals surface area contributed by atoms with Crippen molar-refractivity contribution in [3.05, 3.63) is 11.5 Å². The summed E-state index contributed by atoms with van der Waals surface area (Å²) in [5, 5.41) is 0. The lowest BCUT2D eigenvalue weighted by molar-refractivity contribution is 1.11. The maximum absolute atomic E-state index is 2.16. The van der Waals surface area contributed by atoms with Gasteiger partial charge in [-0.15, -0.1) is 5.98 Å². The fourth-order valence-electron chi connectivity index (χ4n) is 0.204. The van der Waals surface area contributed by atoms with Crippen molar-refractivity contribution >= 4 is 7.85 Å². The summed E-state index contributed by atoms with van der Waals surface area (Å²) in [6, 6.07) is 0. The molecule has 0 aliphatic rings. The van der Waals surface area contributed by atoms with Crippen molar-refractivity contribution < 1.29 is 0 Å². The van der Waals surface area contributed by atoms with Gasteiger partial charge in [0.1, 0.15) is 7.85 Å². The van der Waals surface area contributed by atoms with Crippen molar-refractivity contribution in [1.82, 2.24) is 0 Å². The number of allylic oxidation sites excluding steroid dienone is 1. The Morgan fingerprint density at radius 3 is 2.33 bits per heavy atom. The summed E-state index contributed by atoms with van der Waals surface area (Å²) in [6.45, 7) is 4.30. The Morgan fingerprint density at radius 1 is 1.83 bits per heavy atom. The molecule has 0 bridgehead atoms. The first-order chi connectivity index (χ1) is 2.81. The van der Waals surface area contributed by atoms with Gasteiger partial charge in [0.05, 0.1) is 0 Å². The fourth-order valence-corrected chi connectivity index (χ4v) is 0.204. The summed E-state index contributed by atoms with van der Waals surface area (Å²) >= 11 is 0. The van der Waals surface area contributed by atoms with Crippen LogP contribution in [0.2, 0.25) is 0 Å². The highest BCUT2D eigenvalue weighted by atomic mass is 13.8. The summed E-state index contributed by atoms with van der Waals surface area (Å²) in [4.78, 5) is 0. The van der Waals surface area contributed by atoms with Crippen molar-refractivity contribution in [2.45, 2.75) is 20.3 Å². The van der Waals surface area contributed by atoms with Crippen molar-refractivity contribution in [2.75, 3.05) is 0 Å². The van der Waals surface area contributed by atoms with Gasteiger partial charge in [-0.3, -0.25) is 0 Å². The molecule has 0 unspecified atom stereocenters. The molecule has 0 fully saturated rings. The normalized spacial score (nSPS) is 12.0. The van der Waals surface area contributed by atoms with Gasteiger partial charge in [-0.1, -0.05) is 12.5 Å². The minimum atomic E-state index is 1.19. The van der Waals surface area contributed by atoms with Crippen molar-refractivity contribution in [3.8, 4) is 0 Å². The minimum absolute atomic E-state index is 1.19. The van der Waals surface area contributed by atoms with E-state index in [-0.39, 0.29) is 0 Å². The molecule has 0 amide bonds. The fraction of sp³-hybridized carbons (Fsp3) is 0.600. The Morgan fingerprint density at radius 2 is 2.33 bits per heavy atom. The quantitative estimate of drug-likeness (QED) is 0.413. The van der Waals surface area contributed by atoms with Crippen LogP contribution in [0.3, 0.4) is 0 Å². The third kappa shape index (κ3) is 2.07. The molecule has 0 rings (SSSR count). The zero-order valence-corrected chi connectivity index (χ0v) is 4.78. The van der Waals surface area contributed by atoms with Gasteiger partial charge in [-0.05, 0) is 13.3 Å². The highest BCUT2D eigenvalue weighted by molar-refractivity contribution is 6.17. The Kier molecular flexibility index (Phi) is 2.92. The monoisotopic (exact) mass is 82.1 g/mol. The SMILES string of the molecule is BC=C(C)CC. The molecule has 0 aromatic carbocycles. The van der Waals surface area contributed by atoms with Gasteiger partial charge >= 0.3 is 0 Å². The Bertz CT molecular complexity index is 55.0. The Balaban J connectivity index is 3.22. The van der Waals surface area contributed by atoms with Crippen LogP contribution in [0.25, 0.3) is 0 Å². The average Bonchev–Trinajstić information content (AvgIpc) is 1.65. The van der Waals surface area contributed by atoms with Gasteiger partial charge in [0.15, 0.2) is 0 Å². The lowest BCUT2D eigenvalue weighted by Gasteiger charge is -1.85. The van der Waals surface area contributed by atoms with Crippen LogP contribution in [-0.4, -0.2) is 7.85 Å². The van der Waals surface area contributed by atoms with E-state index in [1.54, 1.807) is 0 Å². The molecule has 1 heteroatoms. The highest BCUT2D eigenvalue weighted by Crippen LogP contribution is 1.92. The van der Waals surface area contributed by atoms with Gasteiger partial charge in [0.2, 0.25) is 0 Å². The largest absolute Gasteiger partial charge is 0.129 e. The standard InChI is InChI=1S/C5H11B/c1-3-5(2)4-6/h4H,3,6H2,1-2H3. The van der Waals surface area contributed by atoms with E-state index in [0.29, 0.717) is 0 Å². The van der Waals surface area contributed by atoms with Crippen LogP contribution < -0.4 is 0 Å². The van der Waals surface area contributed by atoms with Gasteiger partial charge in [-0.2, -0.15) is 0 Å². The van der Waals surface area contributed by atoms with E-state index in [0.717, 1.165) is 0 Å². The predicted molar refractivity (Wildman–Crippen MR) is 32.6 cm³/mol. The first-order valence-electron chi connectivity index (χ1n) is 2.43. The van der Waals surface area contributed by atoms with E-state index in [4.69, 9.17) is 0 Å². The molecule has 0 saturated carbocycles. The second-order valence-corrected chi connectivity index (χ2v) is 1.49. The molecule has 0 aliphatic carbocycles. The number of rotatable bonds is 1.